The third-order valence-electron chi connectivity index (χ3n) is 6.93. The van der Waals surface area contributed by atoms with Crippen LogP contribution in [0.5, 0.6) is 5.75 Å². The molecule has 30 heavy (non-hydrogen) atoms. The van der Waals surface area contributed by atoms with Crippen molar-refractivity contribution in [3.05, 3.63) is 29.8 Å². The Hall–Kier alpha value is -2.24. The molecule has 1 spiro atoms. The Morgan fingerprint density at radius 2 is 1.83 bits per heavy atom. The Kier molecular flexibility index (Phi) is 6.80. The minimum Gasteiger partial charge on any atom is -0.487 e. The summed E-state index contributed by atoms with van der Waals surface area (Å²) in [5.41, 5.74) is 1.15. The molecule has 3 aliphatic rings. The van der Waals surface area contributed by atoms with Crippen LogP contribution < -0.4 is 20.7 Å². The molecule has 0 saturated heterocycles. The van der Waals surface area contributed by atoms with Gasteiger partial charge in [-0.1, -0.05) is 31.0 Å². The third kappa shape index (κ3) is 5.08. The molecule has 1 amide bonds. The van der Waals surface area contributed by atoms with Crippen LogP contribution in [0.15, 0.2) is 29.3 Å². The molecular weight excluding hydrogens is 376 g/mol. The smallest absolute Gasteiger partial charge is 0.220 e. The van der Waals surface area contributed by atoms with E-state index in [1.165, 1.54) is 44.1 Å². The van der Waals surface area contributed by atoms with Crippen molar-refractivity contribution in [2.45, 2.75) is 75.9 Å². The number of ether oxygens (including phenoxy) is 1. The van der Waals surface area contributed by atoms with Crippen LogP contribution in [0.3, 0.4) is 0 Å². The Morgan fingerprint density at radius 3 is 2.60 bits per heavy atom. The predicted molar refractivity (Wildman–Crippen MR) is 120 cm³/mol. The minimum absolute atomic E-state index is 0.0426. The molecule has 0 aromatic heterocycles. The molecule has 2 fully saturated rings. The van der Waals surface area contributed by atoms with Gasteiger partial charge in [0.05, 0.1) is 6.04 Å². The van der Waals surface area contributed by atoms with Crippen LogP contribution in [0.2, 0.25) is 0 Å². The molecule has 1 aromatic rings. The fourth-order valence-electron chi connectivity index (χ4n) is 5.36. The van der Waals surface area contributed by atoms with Gasteiger partial charge in [-0.25, -0.2) is 0 Å². The normalized spacial score (nSPS) is 23.1. The fraction of sp³-hybridized carbons (Fsp3) is 0.667. The summed E-state index contributed by atoms with van der Waals surface area (Å²) >= 11 is 0. The van der Waals surface area contributed by atoms with Crippen LogP contribution in [0.1, 0.15) is 75.8 Å². The maximum atomic E-state index is 12.1. The monoisotopic (exact) mass is 412 g/mol. The summed E-state index contributed by atoms with van der Waals surface area (Å²) in [6.07, 6.45) is 11.3. The molecule has 1 heterocycles. The summed E-state index contributed by atoms with van der Waals surface area (Å²) in [6, 6.07) is 8.52. The first kappa shape index (κ1) is 21.0. The van der Waals surface area contributed by atoms with Crippen LogP contribution in [-0.2, 0) is 4.79 Å². The van der Waals surface area contributed by atoms with Crippen molar-refractivity contribution in [2.75, 3.05) is 20.1 Å². The number of nitrogens with zero attached hydrogens (tertiary/aromatic N) is 1. The second kappa shape index (κ2) is 9.71. The SMILES string of the molecule is CN=C(NCCNC(=O)CC1CCCC1)NC1CC2(CCCC2)Oc2ccccc21. The van der Waals surface area contributed by atoms with Crippen molar-refractivity contribution in [3.63, 3.8) is 0 Å². The van der Waals surface area contributed by atoms with Crippen molar-refractivity contribution in [3.8, 4) is 5.75 Å². The topological polar surface area (TPSA) is 74.8 Å². The second-order valence-electron chi connectivity index (χ2n) is 9.13. The van der Waals surface area contributed by atoms with E-state index in [2.05, 4.69) is 39.1 Å². The number of carbonyl (C=O) groups excluding carboxylic acids is 1. The summed E-state index contributed by atoms with van der Waals surface area (Å²) in [5, 5.41) is 10.0. The molecule has 2 aliphatic carbocycles. The molecule has 1 aliphatic heterocycles. The van der Waals surface area contributed by atoms with E-state index in [4.69, 9.17) is 4.74 Å². The number of para-hydroxylation sites is 1. The molecule has 2 saturated carbocycles. The molecule has 1 aromatic carbocycles. The van der Waals surface area contributed by atoms with E-state index in [0.717, 1.165) is 31.0 Å². The van der Waals surface area contributed by atoms with E-state index < -0.39 is 0 Å². The molecule has 6 nitrogen and oxygen atoms in total. The average molecular weight is 413 g/mol. The molecule has 1 atom stereocenters. The number of benzene rings is 1. The number of fused-ring (bicyclic) bond motifs is 1. The Morgan fingerprint density at radius 1 is 1.10 bits per heavy atom. The Balaban J connectivity index is 1.28. The maximum absolute atomic E-state index is 12.1. The van der Waals surface area contributed by atoms with Crippen molar-refractivity contribution in [1.29, 1.82) is 0 Å². The molecule has 3 N–H and O–H groups in total. The molecule has 4 rings (SSSR count). The van der Waals surface area contributed by atoms with Crippen LogP contribution in [0, 0.1) is 5.92 Å². The number of hydrogen-bond acceptors (Lipinski definition) is 3. The number of amides is 1. The van der Waals surface area contributed by atoms with Gasteiger partial charge in [-0.2, -0.15) is 0 Å². The van der Waals surface area contributed by atoms with Gasteiger partial charge in [0, 0.05) is 38.5 Å². The lowest BCUT2D eigenvalue weighted by Gasteiger charge is -2.40. The molecule has 6 heteroatoms. The van der Waals surface area contributed by atoms with Gasteiger partial charge < -0.3 is 20.7 Å². The van der Waals surface area contributed by atoms with Gasteiger partial charge in [-0.3, -0.25) is 9.79 Å². The first-order valence-corrected chi connectivity index (χ1v) is 11.7. The molecule has 0 radical (unpaired) electrons. The van der Waals surface area contributed by atoms with Gasteiger partial charge in [0.25, 0.3) is 0 Å². The third-order valence-corrected chi connectivity index (χ3v) is 6.93. The van der Waals surface area contributed by atoms with Gasteiger partial charge >= 0.3 is 0 Å². The van der Waals surface area contributed by atoms with Crippen LogP contribution in [0.4, 0.5) is 0 Å². The lowest BCUT2D eigenvalue weighted by molar-refractivity contribution is -0.121. The number of nitrogens with one attached hydrogen (secondary N) is 3. The molecular formula is C24H36N4O2. The molecule has 164 valence electrons. The quantitative estimate of drug-likeness (QED) is 0.378. The van der Waals surface area contributed by atoms with E-state index in [1.807, 2.05) is 6.07 Å². The van der Waals surface area contributed by atoms with E-state index in [1.54, 1.807) is 7.05 Å². The largest absolute Gasteiger partial charge is 0.487 e. The lowest BCUT2D eigenvalue weighted by atomic mass is 9.86. The summed E-state index contributed by atoms with van der Waals surface area (Å²) in [5.74, 6) is 2.53. The van der Waals surface area contributed by atoms with Crippen LogP contribution >= 0.6 is 0 Å². The van der Waals surface area contributed by atoms with Crippen LogP contribution in [0.25, 0.3) is 0 Å². The summed E-state index contributed by atoms with van der Waals surface area (Å²) in [6.45, 7) is 1.27. The Bertz CT molecular complexity index is 751. The van der Waals surface area contributed by atoms with Gasteiger partial charge in [0.1, 0.15) is 11.4 Å². The molecule has 1 unspecified atom stereocenters. The van der Waals surface area contributed by atoms with E-state index in [9.17, 15) is 4.79 Å². The number of rotatable bonds is 6. The zero-order valence-corrected chi connectivity index (χ0v) is 18.2. The number of aliphatic imine (C=N–C) groups is 1. The second-order valence-corrected chi connectivity index (χ2v) is 9.13. The lowest BCUT2D eigenvalue weighted by Crippen LogP contribution is -2.47. The highest BCUT2D eigenvalue weighted by Gasteiger charge is 2.43. The van der Waals surface area contributed by atoms with Crippen molar-refractivity contribution < 1.29 is 9.53 Å². The van der Waals surface area contributed by atoms with Crippen molar-refractivity contribution in [1.82, 2.24) is 16.0 Å². The first-order valence-electron chi connectivity index (χ1n) is 11.7. The predicted octanol–water partition coefficient (Wildman–Crippen LogP) is 3.68. The summed E-state index contributed by atoms with van der Waals surface area (Å²) < 4.78 is 6.46. The van der Waals surface area contributed by atoms with E-state index >= 15 is 0 Å². The number of carbonyl (C=O) groups is 1. The summed E-state index contributed by atoms with van der Waals surface area (Å²) in [4.78, 5) is 16.5. The van der Waals surface area contributed by atoms with Gasteiger partial charge in [-0.15, -0.1) is 0 Å². The van der Waals surface area contributed by atoms with E-state index in [-0.39, 0.29) is 17.6 Å². The highest BCUT2D eigenvalue weighted by atomic mass is 16.5. The van der Waals surface area contributed by atoms with Gasteiger partial charge in [-0.05, 0) is 50.5 Å². The van der Waals surface area contributed by atoms with Gasteiger partial charge in [0.2, 0.25) is 5.91 Å². The van der Waals surface area contributed by atoms with Gasteiger partial charge in [0.15, 0.2) is 5.96 Å². The first-order chi connectivity index (χ1) is 14.7. The van der Waals surface area contributed by atoms with Crippen molar-refractivity contribution >= 4 is 11.9 Å². The van der Waals surface area contributed by atoms with Crippen LogP contribution in [-0.4, -0.2) is 37.6 Å². The highest BCUT2D eigenvalue weighted by molar-refractivity contribution is 5.80. The summed E-state index contributed by atoms with van der Waals surface area (Å²) in [7, 11) is 1.80. The average Bonchev–Trinajstić information content (AvgIpc) is 3.42. The van der Waals surface area contributed by atoms with E-state index in [0.29, 0.717) is 25.4 Å². The zero-order chi connectivity index (χ0) is 20.8. The molecule has 0 bridgehead atoms. The number of guanidine groups is 1. The fourth-order valence-corrected chi connectivity index (χ4v) is 5.36. The number of hydrogen-bond donors (Lipinski definition) is 3. The minimum atomic E-state index is -0.0426. The highest BCUT2D eigenvalue weighted by Crippen LogP contribution is 2.46. The van der Waals surface area contributed by atoms with Crippen molar-refractivity contribution in [2.24, 2.45) is 10.9 Å². The zero-order valence-electron chi connectivity index (χ0n) is 18.2. The maximum Gasteiger partial charge on any atom is 0.220 e. The standard InChI is InChI=1S/C24H36N4O2/c1-25-23(27-15-14-26-22(29)16-18-8-2-3-9-18)28-20-17-24(12-6-7-13-24)30-21-11-5-4-10-19(20)21/h4-5,10-11,18,20H,2-3,6-9,12-17H2,1H3,(H,26,29)(H2,25,27,28). The Labute approximate surface area is 180 Å².